The van der Waals surface area contributed by atoms with E-state index in [4.69, 9.17) is 4.74 Å². The van der Waals surface area contributed by atoms with Gasteiger partial charge in [0.15, 0.2) is 0 Å². The monoisotopic (exact) mass is 446 g/mol. The summed E-state index contributed by atoms with van der Waals surface area (Å²) in [6.45, 7) is 6.07. The summed E-state index contributed by atoms with van der Waals surface area (Å²) in [6.07, 6.45) is 20.1. The predicted octanol–water partition coefficient (Wildman–Crippen LogP) is 9.19. The molecule has 0 aromatic heterocycles. The van der Waals surface area contributed by atoms with Crippen LogP contribution in [0.1, 0.15) is 100 Å². The van der Waals surface area contributed by atoms with E-state index >= 15 is 0 Å². The molecule has 1 heteroatoms. The molecule has 0 amide bonds. The molecule has 1 aliphatic rings. The summed E-state index contributed by atoms with van der Waals surface area (Å²) in [5.74, 6) is 1.85. The maximum atomic E-state index is 5.79. The van der Waals surface area contributed by atoms with Crippen LogP contribution in [-0.2, 0) is 24.2 Å². The summed E-state index contributed by atoms with van der Waals surface area (Å²) in [7, 11) is 0. The van der Waals surface area contributed by atoms with E-state index < -0.39 is 0 Å². The largest absolute Gasteiger partial charge is 0.377 e. The van der Waals surface area contributed by atoms with Crippen LogP contribution in [0.3, 0.4) is 0 Å². The first-order valence-corrected chi connectivity index (χ1v) is 13.7. The molecular weight excluding hydrogens is 400 g/mol. The van der Waals surface area contributed by atoms with E-state index in [1.165, 1.54) is 92.9 Å². The van der Waals surface area contributed by atoms with Crippen molar-refractivity contribution in [3.8, 4) is 0 Å². The highest BCUT2D eigenvalue weighted by Gasteiger charge is 2.20. The van der Waals surface area contributed by atoms with Crippen molar-refractivity contribution in [3.63, 3.8) is 0 Å². The van der Waals surface area contributed by atoms with Gasteiger partial charge in [-0.25, -0.2) is 0 Å². The third kappa shape index (κ3) is 9.88. The summed E-state index contributed by atoms with van der Waals surface area (Å²) in [4.78, 5) is 0. The zero-order chi connectivity index (χ0) is 23.1. The summed E-state index contributed by atoms with van der Waals surface area (Å²) in [5.41, 5.74) is 5.62. The van der Waals surface area contributed by atoms with Gasteiger partial charge in [0.05, 0.1) is 6.61 Å². The molecule has 3 rings (SSSR count). The SMILES string of the molecule is CCC=Cc1ccc(CC[C@H]2CC[C@H](CCc3ccc(COCCCCC)cc3)CC2)cc1. The zero-order valence-corrected chi connectivity index (χ0v) is 21.2. The van der Waals surface area contributed by atoms with Gasteiger partial charge in [-0.15, -0.1) is 0 Å². The quantitative estimate of drug-likeness (QED) is 0.263. The molecule has 0 spiro atoms. The van der Waals surface area contributed by atoms with Crippen molar-refractivity contribution in [3.05, 3.63) is 76.9 Å². The van der Waals surface area contributed by atoms with Crippen LogP contribution in [0.25, 0.3) is 6.08 Å². The van der Waals surface area contributed by atoms with Crippen LogP contribution in [0, 0.1) is 11.8 Å². The van der Waals surface area contributed by atoms with Gasteiger partial charge in [-0.1, -0.05) is 113 Å². The number of hydrogen-bond acceptors (Lipinski definition) is 1. The Kier molecular flexibility index (Phi) is 11.8. The Morgan fingerprint density at radius 1 is 0.727 bits per heavy atom. The lowest BCUT2D eigenvalue weighted by atomic mass is 9.77. The van der Waals surface area contributed by atoms with Gasteiger partial charge in [-0.2, -0.15) is 0 Å². The summed E-state index contributed by atoms with van der Waals surface area (Å²) in [5, 5.41) is 0. The van der Waals surface area contributed by atoms with Gasteiger partial charge < -0.3 is 4.74 Å². The summed E-state index contributed by atoms with van der Waals surface area (Å²) in [6, 6.07) is 18.4. The lowest BCUT2D eigenvalue weighted by Gasteiger charge is -2.28. The van der Waals surface area contributed by atoms with E-state index in [1.54, 1.807) is 0 Å². The minimum atomic E-state index is 0.758. The van der Waals surface area contributed by atoms with Crippen molar-refractivity contribution < 1.29 is 4.74 Å². The Morgan fingerprint density at radius 2 is 1.27 bits per heavy atom. The Morgan fingerprint density at radius 3 is 1.82 bits per heavy atom. The molecule has 1 fully saturated rings. The third-order valence-corrected chi connectivity index (χ3v) is 7.36. The van der Waals surface area contributed by atoms with Gasteiger partial charge >= 0.3 is 0 Å². The van der Waals surface area contributed by atoms with E-state index in [9.17, 15) is 0 Å². The highest BCUT2D eigenvalue weighted by Crippen LogP contribution is 2.34. The van der Waals surface area contributed by atoms with Crippen LogP contribution >= 0.6 is 0 Å². The minimum absolute atomic E-state index is 0.758. The fourth-order valence-electron chi connectivity index (χ4n) is 5.05. The van der Waals surface area contributed by atoms with Crippen LogP contribution in [0.5, 0.6) is 0 Å². The van der Waals surface area contributed by atoms with Crippen molar-refractivity contribution in [1.82, 2.24) is 0 Å². The van der Waals surface area contributed by atoms with Gasteiger partial charge in [-0.3, -0.25) is 0 Å². The summed E-state index contributed by atoms with van der Waals surface area (Å²) >= 11 is 0. The highest BCUT2D eigenvalue weighted by molar-refractivity contribution is 5.49. The molecule has 0 unspecified atom stereocenters. The van der Waals surface area contributed by atoms with Gasteiger partial charge in [-0.05, 0) is 72.6 Å². The predicted molar refractivity (Wildman–Crippen MR) is 143 cm³/mol. The third-order valence-electron chi connectivity index (χ3n) is 7.36. The Bertz CT molecular complexity index is 778. The molecule has 0 atom stereocenters. The van der Waals surface area contributed by atoms with Gasteiger partial charge in [0.2, 0.25) is 0 Å². The maximum Gasteiger partial charge on any atom is 0.0716 e. The fraction of sp³-hybridized carbons (Fsp3) is 0.562. The zero-order valence-electron chi connectivity index (χ0n) is 21.2. The lowest BCUT2D eigenvalue weighted by Crippen LogP contribution is -2.15. The molecule has 0 heterocycles. The van der Waals surface area contributed by atoms with Crippen LogP contribution in [0.15, 0.2) is 54.6 Å². The van der Waals surface area contributed by atoms with E-state index in [0.29, 0.717) is 0 Å². The molecule has 0 aliphatic heterocycles. The van der Waals surface area contributed by atoms with E-state index in [1.807, 2.05) is 0 Å². The topological polar surface area (TPSA) is 9.23 Å². The number of benzene rings is 2. The van der Waals surface area contributed by atoms with Crippen LogP contribution < -0.4 is 0 Å². The van der Waals surface area contributed by atoms with Crippen molar-refractivity contribution in [2.45, 2.75) is 97.5 Å². The van der Waals surface area contributed by atoms with E-state index in [2.05, 4.69) is 74.5 Å². The lowest BCUT2D eigenvalue weighted by molar-refractivity contribution is 0.117. The van der Waals surface area contributed by atoms with Crippen molar-refractivity contribution in [2.75, 3.05) is 6.61 Å². The second kappa shape index (κ2) is 15.1. The molecule has 1 saturated carbocycles. The number of unbranched alkanes of at least 4 members (excludes halogenated alkanes) is 2. The van der Waals surface area contributed by atoms with Crippen molar-refractivity contribution in [1.29, 1.82) is 0 Å². The standard InChI is InChI=1S/C32H46O/c1-3-5-7-25-33-26-32-23-21-31(22-24-32)20-19-30-17-15-29(16-18-30)14-13-28-11-9-27(10-12-28)8-6-4-2/h6,8-12,21-24,29-30H,3-5,7,13-20,25-26H2,1-2H3/t29-,30-. The average molecular weight is 447 g/mol. The number of rotatable bonds is 14. The minimum Gasteiger partial charge on any atom is -0.377 e. The molecule has 0 N–H and O–H groups in total. The Hall–Kier alpha value is -1.86. The number of allylic oxidation sites excluding steroid dienone is 1. The molecule has 2 aromatic carbocycles. The first-order valence-electron chi connectivity index (χ1n) is 13.7. The van der Waals surface area contributed by atoms with Gasteiger partial charge in [0.25, 0.3) is 0 Å². The van der Waals surface area contributed by atoms with Crippen LogP contribution in [0.4, 0.5) is 0 Å². The highest BCUT2D eigenvalue weighted by atomic mass is 16.5. The van der Waals surface area contributed by atoms with Gasteiger partial charge in [0, 0.05) is 6.61 Å². The Balaban J connectivity index is 1.29. The number of aryl methyl sites for hydroxylation is 2. The Labute approximate surface area is 203 Å². The molecule has 0 bridgehead atoms. The average Bonchev–Trinajstić information content (AvgIpc) is 2.87. The summed E-state index contributed by atoms with van der Waals surface area (Å²) < 4.78 is 5.79. The molecule has 1 nitrogen and oxygen atoms in total. The normalized spacial score (nSPS) is 18.7. The molecule has 2 aromatic rings. The van der Waals surface area contributed by atoms with Crippen molar-refractivity contribution in [2.24, 2.45) is 11.8 Å². The maximum absolute atomic E-state index is 5.79. The molecule has 33 heavy (non-hydrogen) atoms. The smallest absolute Gasteiger partial charge is 0.0716 e. The van der Waals surface area contributed by atoms with Crippen molar-refractivity contribution >= 4 is 6.08 Å². The van der Waals surface area contributed by atoms with Crippen LogP contribution in [-0.4, -0.2) is 6.61 Å². The van der Waals surface area contributed by atoms with E-state index in [-0.39, 0.29) is 0 Å². The van der Waals surface area contributed by atoms with Gasteiger partial charge in [0.1, 0.15) is 0 Å². The molecular formula is C32H46O. The van der Waals surface area contributed by atoms with Crippen LogP contribution in [0.2, 0.25) is 0 Å². The second-order valence-electron chi connectivity index (χ2n) is 10.1. The molecule has 0 saturated heterocycles. The first kappa shape index (κ1) is 25.8. The first-order chi connectivity index (χ1) is 16.3. The number of ether oxygens (including phenoxy) is 1. The molecule has 0 radical (unpaired) electrons. The fourth-order valence-corrected chi connectivity index (χ4v) is 5.05. The molecule has 180 valence electrons. The van der Waals surface area contributed by atoms with E-state index in [0.717, 1.165) is 31.5 Å². The number of hydrogen-bond donors (Lipinski definition) is 0. The second-order valence-corrected chi connectivity index (χ2v) is 10.1. The molecule has 1 aliphatic carbocycles.